The normalized spacial score (nSPS) is 17.4. The third-order valence-electron chi connectivity index (χ3n) is 5.04. The van der Waals surface area contributed by atoms with E-state index in [9.17, 15) is 8.42 Å². The lowest BCUT2D eigenvalue weighted by Gasteiger charge is -2.20. The molecule has 1 N–H and O–H groups in total. The van der Waals surface area contributed by atoms with Crippen LogP contribution in [0.1, 0.15) is 56.3 Å². The summed E-state index contributed by atoms with van der Waals surface area (Å²) in [5, 5.41) is 2.84. The van der Waals surface area contributed by atoms with Gasteiger partial charge in [-0.1, -0.05) is 32.1 Å². The van der Waals surface area contributed by atoms with E-state index in [1.165, 1.54) is 19.3 Å². The molecule has 138 valence electrons. The summed E-state index contributed by atoms with van der Waals surface area (Å²) in [6, 6.07) is 1.81. The Hall–Kier alpha value is -1.18. The van der Waals surface area contributed by atoms with Crippen LogP contribution in [-0.4, -0.2) is 24.0 Å². The predicted octanol–water partition coefficient (Wildman–Crippen LogP) is 4.16. The Morgan fingerprint density at radius 3 is 2.40 bits per heavy atom. The maximum atomic E-state index is 13.0. The molecule has 0 aliphatic heterocycles. The second-order valence-electron chi connectivity index (χ2n) is 7.00. The Morgan fingerprint density at radius 1 is 1.16 bits per heavy atom. The summed E-state index contributed by atoms with van der Waals surface area (Å²) in [4.78, 5) is 4.87. The van der Waals surface area contributed by atoms with Crippen molar-refractivity contribution in [2.75, 3.05) is 0 Å². The van der Waals surface area contributed by atoms with E-state index in [4.69, 9.17) is 0 Å². The fourth-order valence-corrected chi connectivity index (χ4v) is 5.92. The van der Waals surface area contributed by atoms with Gasteiger partial charge in [0.2, 0.25) is 10.0 Å². The quantitative estimate of drug-likeness (QED) is 0.865. The summed E-state index contributed by atoms with van der Waals surface area (Å²) in [6.45, 7) is 3.81. The molecule has 7 heteroatoms. The highest BCUT2D eigenvalue weighted by Gasteiger charge is 2.26. The molecule has 1 saturated carbocycles. The number of aromatic nitrogens is 2. The van der Waals surface area contributed by atoms with E-state index in [-0.39, 0.29) is 6.04 Å². The second kappa shape index (κ2) is 7.60. The molecule has 1 aliphatic carbocycles. The van der Waals surface area contributed by atoms with E-state index in [2.05, 4.69) is 9.71 Å². The van der Waals surface area contributed by atoms with Crippen LogP contribution < -0.4 is 4.72 Å². The fraction of sp³-hybridized carbons (Fsp3) is 0.611. The van der Waals surface area contributed by atoms with Crippen LogP contribution >= 0.6 is 11.3 Å². The van der Waals surface area contributed by atoms with Crippen molar-refractivity contribution < 1.29 is 8.42 Å². The number of rotatable bonds is 4. The Kier molecular flexibility index (Phi) is 5.65. The van der Waals surface area contributed by atoms with Gasteiger partial charge in [0.05, 0.1) is 5.69 Å². The second-order valence-corrected chi connectivity index (χ2v) is 9.54. The van der Waals surface area contributed by atoms with Crippen LogP contribution in [0.2, 0.25) is 0 Å². The van der Waals surface area contributed by atoms with Crippen LogP contribution in [0.25, 0.3) is 10.7 Å². The minimum atomic E-state index is -3.52. The molecule has 5 nitrogen and oxygen atoms in total. The zero-order valence-electron chi connectivity index (χ0n) is 15.2. The fourth-order valence-electron chi connectivity index (χ4n) is 3.48. The standard InChI is InChI=1S/C18H27N3O2S2/c1-13-12-24-18(19-13)16-11-17(14(2)21(16)3)25(22,23)20-15-9-7-5-4-6-8-10-15/h11-12,15,20H,4-10H2,1-3H3. The van der Waals surface area contributed by atoms with Gasteiger partial charge in [-0.05, 0) is 32.8 Å². The molecule has 2 aromatic heterocycles. The smallest absolute Gasteiger partial charge is 0.242 e. The van der Waals surface area contributed by atoms with Gasteiger partial charge in [-0.25, -0.2) is 18.1 Å². The number of aryl methyl sites for hydroxylation is 1. The predicted molar refractivity (Wildman–Crippen MR) is 102 cm³/mol. The summed E-state index contributed by atoms with van der Waals surface area (Å²) in [5.41, 5.74) is 2.56. The van der Waals surface area contributed by atoms with Gasteiger partial charge in [0.1, 0.15) is 9.90 Å². The number of nitrogens with one attached hydrogen (secondary N) is 1. The zero-order chi connectivity index (χ0) is 18.0. The molecule has 0 bridgehead atoms. The van der Waals surface area contributed by atoms with Crippen molar-refractivity contribution in [1.82, 2.24) is 14.3 Å². The number of nitrogens with zero attached hydrogens (tertiary/aromatic N) is 2. The van der Waals surface area contributed by atoms with Gasteiger partial charge < -0.3 is 4.57 Å². The van der Waals surface area contributed by atoms with Gasteiger partial charge in [0.15, 0.2) is 0 Å². The van der Waals surface area contributed by atoms with Crippen molar-refractivity contribution in [1.29, 1.82) is 0 Å². The number of sulfonamides is 1. The minimum Gasteiger partial charge on any atom is -0.345 e. The lowest BCUT2D eigenvalue weighted by atomic mass is 9.97. The topological polar surface area (TPSA) is 64.0 Å². The van der Waals surface area contributed by atoms with Crippen LogP contribution in [0.5, 0.6) is 0 Å². The molecule has 1 aliphatic rings. The zero-order valence-corrected chi connectivity index (χ0v) is 16.8. The molecule has 1 fully saturated rings. The van der Waals surface area contributed by atoms with Crippen LogP contribution in [-0.2, 0) is 17.1 Å². The van der Waals surface area contributed by atoms with E-state index >= 15 is 0 Å². The Balaban J connectivity index is 1.86. The first-order valence-corrected chi connectivity index (χ1v) is 11.4. The average molecular weight is 382 g/mol. The Bertz CT molecular complexity index is 829. The van der Waals surface area contributed by atoms with E-state index in [1.807, 2.05) is 30.8 Å². The van der Waals surface area contributed by atoms with Crippen LogP contribution in [0.4, 0.5) is 0 Å². The Morgan fingerprint density at radius 2 is 1.80 bits per heavy atom. The van der Waals surface area contributed by atoms with Gasteiger partial charge >= 0.3 is 0 Å². The molecule has 0 atom stereocenters. The molecular weight excluding hydrogens is 354 g/mol. The maximum absolute atomic E-state index is 13.0. The van der Waals surface area contributed by atoms with Crippen molar-refractivity contribution >= 4 is 21.4 Å². The van der Waals surface area contributed by atoms with Crippen molar-refractivity contribution in [2.45, 2.75) is 69.7 Å². The molecule has 0 radical (unpaired) electrons. The largest absolute Gasteiger partial charge is 0.345 e. The summed E-state index contributed by atoms with van der Waals surface area (Å²) >= 11 is 1.54. The van der Waals surface area contributed by atoms with Crippen LogP contribution in [0.3, 0.4) is 0 Å². The molecule has 0 saturated heterocycles. The third-order valence-corrected chi connectivity index (χ3v) is 7.66. The summed E-state index contributed by atoms with van der Waals surface area (Å²) in [5.74, 6) is 0. The molecular formula is C18H27N3O2S2. The van der Waals surface area contributed by atoms with Crippen molar-refractivity contribution in [3.8, 4) is 10.7 Å². The third kappa shape index (κ3) is 4.15. The van der Waals surface area contributed by atoms with Crippen LogP contribution in [0, 0.1) is 13.8 Å². The first kappa shape index (κ1) is 18.6. The van der Waals surface area contributed by atoms with E-state index < -0.39 is 10.0 Å². The van der Waals surface area contributed by atoms with Gasteiger partial charge in [-0.2, -0.15) is 0 Å². The average Bonchev–Trinajstić information content (AvgIpc) is 3.07. The van der Waals surface area contributed by atoms with Gasteiger partial charge in [0.25, 0.3) is 0 Å². The summed E-state index contributed by atoms with van der Waals surface area (Å²) < 4.78 is 30.8. The van der Waals surface area contributed by atoms with Crippen molar-refractivity contribution in [3.05, 3.63) is 22.8 Å². The highest BCUT2D eigenvalue weighted by Crippen LogP contribution is 2.30. The van der Waals surface area contributed by atoms with Gasteiger partial charge in [-0.3, -0.25) is 0 Å². The molecule has 0 spiro atoms. The summed E-state index contributed by atoms with van der Waals surface area (Å²) in [7, 11) is -1.62. The van der Waals surface area contributed by atoms with Gasteiger partial charge in [0, 0.05) is 29.9 Å². The first-order chi connectivity index (χ1) is 11.9. The molecule has 0 amide bonds. The maximum Gasteiger partial charge on any atom is 0.242 e. The molecule has 0 unspecified atom stereocenters. The molecule has 0 aromatic carbocycles. The number of hydrogen-bond donors (Lipinski definition) is 1. The summed E-state index contributed by atoms with van der Waals surface area (Å²) in [6.07, 6.45) is 7.75. The van der Waals surface area contributed by atoms with E-state index in [0.717, 1.165) is 47.8 Å². The van der Waals surface area contributed by atoms with Crippen molar-refractivity contribution in [2.24, 2.45) is 7.05 Å². The molecule has 25 heavy (non-hydrogen) atoms. The van der Waals surface area contributed by atoms with E-state index in [0.29, 0.717) is 4.90 Å². The molecule has 2 aromatic rings. The monoisotopic (exact) mass is 381 g/mol. The molecule has 3 rings (SSSR count). The number of thiazole rings is 1. The minimum absolute atomic E-state index is 0.0514. The highest BCUT2D eigenvalue weighted by molar-refractivity contribution is 7.89. The number of hydrogen-bond acceptors (Lipinski definition) is 4. The van der Waals surface area contributed by atoms with Gasteiger partial charge in [-0.15, -0.1) is 11.3 Å². The van der Waals surface area contributed by atoms with E-state index in [1.54, 1.807) is 17.4 Å². The Labute approximate surface area is 154 Å². The van der Waals surface area contributed by atoms with Crippen LogP contribution in [0.15, 0.2) is 16.3 Å². The highest BCUT2D eigenvalue weighted by atomic mass is 32.2. The SMILES string of the molecule is Cc1csc(-c2cc(S(=O)(=O)NC3CCCCCCC3)c(C)n2C)n1. The first-order valence-electron chi connectivity index (χ1n) is 8.99. The van der Waals surface area contributed by atoms with Crippen molar-refractivity contribution in [3.63, 3.8) is 0 Å². The lowest BCUT2D eigenvalue weighted by molar-refractivity contribution is 0.426. The molecule has 2 heterocycles. The lowest BCUT2D eigenvalue weighted by Crippen LogP contribution is -2.35.